The number of carbonyl (C=O) groups is 5. The number of primary amides is 1. The van der Waals surface area contributed by atoms with Crippen molar-refractivity contribution >= 4 is 46.8 Å². The molecule has 2 aliphatic heterocycles. The molecule has 2 saturated heterocycles. The zero-order valence-electron chi connectivity index (χ0n) is 28.1. The highest BCUT2D eigenvalue weighted by Gasteiger charge is 2.49. The molecular weight excluding hydrogens is 675 g/mol. The molecule has 3 atom stereocenters. The number of hydrogen-bond acceptors (Lipinski definition) is 9. The molecule has 15 nitrogen and oxygen atoms in total. The monoisotopic (exact) mass is 718 g/mol. The van der Waals surface area contributed by atoms with Crippen LogP contribution in [0.4, 0.5) is 14.9 Å². The van der Waals surface area contributed by atoms with E-state index in [9.17, 15) is 33.5 Å². The number of carbonyl (C=O) groups excluding carboxylic acids is 5. The minimum absolute atomic E-state index is 0.00989. The molecule has 5 rings (SSSR count). The summed E-state index contributed by atoms with van der Waals surface area (Å²) in [6, 6.07) is 0.100. The van der Waals surface area contributed by atoms with Gasteiger partial charge in [-0.05, 0) is 44.4 Å². The van der Waals surface area contributed by atoms with E-state index in [2.05, 4.69) is 26.3 Å². The first kappa shape index (κ1) is 37.1. The molecule has 1 aromatic carbocycles. The molecule has 1 aliphatic carbocycles. The van der Waals surface area contributed by atoms with Crippen LogP contribution in [0.15, 0.2) is 24.4 Å². The van der Waals surface area contributed by atoms with Gasteiger partial charge < -0.3 is 36.4 Å². The van der Waals surface area contributed by atoms with Crippen LogP contribution < -0.4 is 21.7 Å². The predicted molar refractivity (Wildman–Crippen MR) is 178 cm³/mol. The number of anilines is 1. The lowest BCUT2D eigenvalue weighted by Crippen LogP contribution is -2.64. The summed E-state index contributed by atoms with van der Waals surface area (Å²) in [7, 11) is 0. The number of aromatic nitrogens is 3. The van der Waals surface area contributed by atoms with Crippen LogP contribution in [0.5, 0.6) is 0 Å². The number of nitrogens with zero attached hydrogens (tertiary/aromatic N) is 4. The summed E-state index contributed by atoms with van der Waals surface area (Å²) < 4.78 is 20.6. The summed E-state index contributed by atoms with van der Waals surface area (Å²) >= 11 is 5.90. The van der Waals surface area contributed by atoms with Gasteiger partial charge in [0.1, 0.15) is 29.0 Å². The molecule has 1 aromatic heterocycles. The normalized spacial score (nSPS) is 21.7. The van der Waals surface area contributed by atoms with E-state index in [0.29, 0.717) is 12.1 Å². The van der Waals surface area contributed by atoms with E-state index in [-0.39, 0.29) is 55.6 Å². The van der Waals surface area contributed by atoms with Crippen molar-refractivity contribution in [3.05, 3.63) is 40.9 Å². The highest BCUT2D eigenvalue weighted by Crippen LogP contribution is 2.34. The largest absolute Gasteiger partial charge is 0.384 e. The number of nitrogens with two attached hydrogens (primary N) is 1. The van der Waals surface area contributed by atoms with Crippen molar-refractivity contribution in [3.8, 4) is 0 Å². The Balaban J connectivity index is 1.46. The summed E-state index contributed by atoms with van der Waals surface area (Å²) in [6.45, 7) is 3.29. The Morgan fingerprint density at radius 3 is 2.50 bits per heavy atom. The first-order valence-electron chi connectivity index (χ1n) is 16.9. The van der Waals surface area contributed by atoms with Crippen molar-refractivity contribution in [3.63, 3.8) is 0 Å². The number of hydrogen-bond donors (Lipinski definition) is 5. The molecule has 5 amide bonds. The van der Waals surface area contributed by atoms with E-state index < -0.39 is 64.6 Å². The van der Waals surface area contributed by atoms with E-state index in [1.165, 1.54) is 27.9 Å². The van der Waals surface area contributed by atoms with Gasteiger partial charge in [-0.15, -0.1) is 5.10 Å². The lowest BCUT2D eigenvalue weighted by Gasteiger charge is -2.37. The molecule has 2 aromatic rings. The highest BCUT2D eigenvalue weighted by atomic mass is 35.5. The molecule has 3 aliphatic rings. The Morgan fingerprint density at radius 2 is 1.86 bits per heavy atom. The lowest BCUT2D eigenvalue weighted by molar-refractivity contribution is -0.147. The Hall–Kier alpha value is -4.15. The van der Waals surface area contributed by atoms with Gasteiger partial charge in [0.15, 0.2) is 0 Å². The number of ether oxygens (including phenoxy) is 1. The van der Waals surface area contributed by atoms with Crippen LogP contribution in [-0.4, -0.2) is 91.9 Å². The molecule has 0 spiro atoms. The number of amides is 5. The van der Waals surface area contributed by atoms with Crippen LogP contribution in [0, 0.1) is 11.7 Å². The number of halogens is 2. The number of urea groups is 1. The molecule has 17 heteroatoms. The third-order valence-electron chi connectivity index (χ3n) is 9.85. The van der Waals surface area contributed by atoms with Crippen molar-refractivity contribution in [1.82, 2.24) is 30.5 Å². The number of rotatable bonds is 11. The Labute approximate surface area is 293 Å². The fourth-order valence-electron chi connectivity index (χ4n) is 7.20. The molecule has 6 N–H and O–H groups in total. The zero-order valence-corrected chi connectivity index (χ0v) is 28.9. The molecule has 3 fully saturated rings. The third kappa shape index (κ3) is 8.41. The number of ketones is 1. The van der Waals surface area contributed by atoms with E-state index in [1.54, 1.807) is 13.8 Å². The van der Waals surface area contributed by atoms with E-state index >= 15 is 0 Å². The SMILES string of the molecule is CC(C)(O)c1cnnn1[C@H]1C[C@@H](C(=O)NC2(C(=O)C(N)=O)CCOCC2)N(C(=O)C(CC2CCCCC2)NC(=O)Nc2ccc(F)c(Cl)c2)C1. The van der Waals surface area contributed by atoms with Crippen molar-refractivity contribution in [2.45, 2.75) is 101 Å². The number of likely N-dealkylation sites (tertiary alicyclic amines) is 1. The third-order valence-corrected chi connectivity index (χ3v) is 10.1. The average molecular weight is 719 g/mol. The second-order valence-electron chi connectivity index (χ2n) is 13.9. The van der Waals surface area contributed by atoms with E-state index in [4.69, 9.17) is 22.1 Å². The number of aliphatic hydroxyl groups is 1. The molecule has 0 bridgehead atoms. The second-order valence-corrected chi connectivity index (χ2v) is 14.3. The number of Topliss-reactive ketones (excluding diaryl/α,β-unsaturated/α-hetero) is 1. The minimum Gasteiger partial charge on any atom is -0.384 e. The minimum atomic E-state index is -1.62. The van der Waals surface area contributed by atoms with Gasteiger partial charge in [0.25, 0.3) is 5.91 Å². The topological polar surface area (TPSA) is 211 Å². The van der Waals surface area contributed by atoms with Crippen LogP contribution in [0.1, 0.15) is 83.4 Å². The van der Waals surface area contributed by atoms with Crippen molar-refractivity contribution in [2.24, 2.45) is 11.7 Å². The van der Waals surface area contributed by atoms with Crippen LogP contribution in [0.25, 0.3) is 0 Å². The smallest absolute Gasteiger partial charge is 0.319 e. The van der Waals surface area contributed by atoms with Crippen molar-refractivity contribution in [2.75, 3.05) is 25.1 Å². The fourth-order valence-corrected chi connectivity index (χ4v) is 7.38. The molecule has 1 unspecified atom stereocenters. The Morgan fingerprint density at radius 1 is 1.16 bits per heavy atom. The molecule has 0 radical (unpaired) electrons. The van der Waals surface area contributed by atoms with E-state index in [1.807, 2.05) is 0 Å². The maximum absolute atomic E-state index is 14.6. The van der Waals surface area contributed by atoms with Crippen molar-refractivity contribution < 1.29 is 38.2 Å². The fraction of sp³-hybridized carbons (Fsp3) is 0.606. The quantitative estimate of drug-likeness (QED) is 0.216. The summed E-state index contributed by atoms with van der Waals surface area (Å²) in [5.74, 6) is -3.93. The molecule has 272 valence electrons. The van der Waals surface area contributed by atoms with Crippen molar-refractivity contribution in [1.29, 1.82) is 0 Å². The van der Waals surface area contributed by atoms with Gasteiger partial charge in [0.05, 0.1) is 23.0 Å². The molecule has 1 saturated carbocycles. The summed E-state index contributed by atoms with van der Waals surface area (Å²) in [4.78, 5) is 68.6. The first-order valence-corrected chi connectivity index (χ1v) is 17.3. The van der Waals surface area contributed by atoms with Gasteiger partial charge in [-0.3, -0.25) is 19.2 Å². The summed E-state index contributed by atoms with van der Waals surface area (Å²) in [6.07, 6.45) is 6.50. The molecule has 50 heavy (non-hydrogen) atoms. The maximum atomic E-state index is 14.6. The molecular formula is C33H44ClFN8O7. The number of nitrogens with one attached hydrogen (secondary N) is 3. The first-order chi connectivity index (χ1) is 23.7. The standard InChI is InChI=1S/C33H44ClFN8O7/c1-32(2,49)26-17-37-41-43(26)21-16-25(29(46)40-33(27(44)28(36)45)10-12-50-13-11-33)42(18-21)30(47)24(14-19-6-4-3-5-7-19)39-31(48)38-20-8-9-23(35)22(34)15-20/h8-9,15,17,19,21,24-25,49H,3-7,10-14,16,18H2,1-2H3,(H2,36,45)(H,40,46)(H2,38,39,48)/t21-,24?,25-/m0/s1. The van der Waals surface area contributed by atoms with Crippen LogP contribution in [-0.2, 0) is 29.5 Å². The summed E-state index contributed by atoms with van der Waals surface area (Å²) in [5, 5.41) is 26.9. The van der Waals surface area contributed by atoms with Gasteiger partial charge in [0, 0.05) is 44.7 Å². The lowest BCUT2D eigenvalue weighted by atomic mass is 9.84. The van der Waals surface area contributed by atoms with Crippen LogP contribution in [0.3, 0.4) is 0 Å². The molecule has 3 heterocycles. The Bertz CT molecular complexity index is 1600. The van der Waals surface area contributed by atoms with Crippen LogP contribution >= 0.6 is 11.6 Å². The van der Waals surface area contributed by atoms with Gasteiger partial charge in [0.2, 0.25) is 17.6 Å². The van der Waals surface area contributed by atoms with Gasteiger partial charge in [-0.25, -0.2) is 13.9 Å². The highest BCUT2D eigenvalue weighted by molar-refractivity contribution is 6.39. The number of benzene rings is 1. The van der Waals surface area contributed by atoms with Gasteiger partial charge in [-0.2, -0.15) is 0 Å². The van der Waals surface area contributed by atoms with Gasteiger partial charge in [-0.1, -0.05) is 48.9 Å². The zero-order chi connectivity index (χ0) is 36.2. The van der Waals surface area contributed by atoms with Crippen LogP contribution in [0.2, 0.25) is 5.02 Å². The second kappa shape index (κ2) is 15.4. The Kier molecular flexibility index (Phi) is 11.4. The van der Waals surface area contributed by atoms with Gasteiger partial charge >= 0.3 is 6.03 Å². The summed E-state index contributed by atoms with van der Waals surface area (Å²) in [5.41, 5.74) is 2.98. The maximum Gasteiger partial charge on any atom is 0.319 e. The predicted octanol–water partition coefficient (Wildman–Crippen LogP) is 2.32. The average Bonchev–Trinajstić information content (AvgIpc) is 3.75. The van der Waals surface area contributed by atoms with E-state index in [0.717, 1.165) is 38.2 Å².